The van der Waals surface area contributed by atoms with Crippen molar-refractivity contribution in [2.75, 3.05) is 13.1 Å². The number of nitrogens with zero attached hydrogens (tertiary/aromatic N) is 1. The van der Waals surface area contributed by atoms with Crippen LogP contribution in [0.1, 0.15) is 17.9 Å². The Bertz CT molecular complexity index is 417. The van der Waals surface area contributed by atoms with Crippen molar-refractivity contribution < 1.29 is 5.11 Å². The molecule has 6 heteroatoms. The van der Waals surface area contributed by atoms with Gasteiger partial charge in [-0.25, -0.2) is 0 Å². The quantitative estimate of drug-likeness (QED) is 0.436. The van der Waals surface area contributed by atoms with Gasteiger partial charge in [0.05, 0.1) is 10.9 Å². The molecule has 0 spiro atoms. The Balaban J connectivity index is 2.43. The van der Waals surface area contributed by atoms with Crippen LogP contribution < -0.4 is 11.1 Å². The maximum absolute atomic E-state index is 9.80. The molecule has 0 radical (unpaired) electrons. The summed E-state index contributed by atoms with van der Waals surface area (Å²) in [7, 11) is 0. The number of aliphatic imine (C=N–C) groups is 1. The van der Waals surface area contributed by atoms with Gasteiger partial charge >= 0.3 is 0 Å². The SMILES string of the molecule is C=C(C)CNC(N)=NCC(O)c1ccc(Cl)s1. The molecule has 94 valence electrons. The van der Waals surface area contributed by atoms with Crippen LogP contribution in [-0.4, -0.2) is 24.2 Å². The minimum absolute atomic E-state index is 0.214. The van der Waals surface area contributed by atoms with Crippen molar-refractivity contribution in [1.82, 2.24) is 5.32 Å². The summed E-state index contributed by atoms with van der Waals surface area (Å²) in [4.78, 5) is 4.82. The molecule has 17 heavy (non-hydrogen) atoms. The van der Waals surface area contributed by atoms with Crippen molar-refractivity contribution in [1.29, 1.82) is 0 Å². The third-order valence-corrected chi connectivity index (χ3v) is 3.26. The largest absolute Gasteiger partial charge is 0.386 e. The third kappa shape index (κ3) is 5.21. The average Bonchev–Trinajstić information content (AvgIpc) is 2.70. The monoisotopic (exact) mass is 273 g/mol. The number of aliphatic hydroxyl groups is 1. The fraction of sp³-hybridized carbons (Fsp3) is 0.364. The Labute approximate surface area is 110 Å². The first-order chi connectivity index (χ1) is 7.99. The zero-order valence-electron chi connectivity index (χ0n) is 9.61. The molecule has 1 rings (SSSR count). The van der Waals surface area contributed by atoms with Crippen LogP contribution in [0.3, 0.4) is 0 Å². The molecule has 0 bridgehead atoms. The van der Waals surface area contributed by atoms with E-state index in [1.54, 1.807) is 12.1 Å². The number of halogens is 1. The smallest absolute Gasteiger partial charge is 0.188 e. The third-order valence-electron chi connectivity index (χ3n) is 1.93. The van der Waals surface area contributed by atoms with Gasteiger partial charge < -0.3 is 16.2 Å². The lowest BCUT2D eigenvalue weighted by Crippen LogP contribution is -2.33. The standard InChI is InChI=1S/C11H16ClN3OS/c1-7(2)5-14-11(13)15-6-8(16)9-3-4-10(12)17-9/h3-4,8,16H,1,5-6H2,2H3,(H3,13,14,15). The molecule has 0 saturated heterocycles. The van der Waals surface area contributed by atoms with Crippen LogP contribution in [0.4, 0.5) is 0 Å². The number of hydrogen-bond donors (Lipinski definition) is 3. The molecule has 1 aromatic heterocycles. The molecule has 0 aliphatic rings. The molecule has 0 saturated carbocycles. The number of hydrogen-bond acceptors (Lipinski definition) is 3. The van der Waals surface area contributed by atoms with E-state index in [-0.39, 0.29) is 6.54 Å². The Morgan fingerprint density at radius 3 is 2.94 bits per heavy atom. The van der Waals surface area contributed by atoms with Gasteiger partial charge in [0, 0.05) is 11.4 Å². The van der Waals surface area contributed by atoms with E-state index in [0.717, 1.165) is 10.5 Å². The predicted molar refractivity (Wildman–Crippen MR) is 73.6 cm³/mol. The number of nitrogens with one attached hydrogen (secondary N) is 1. The average molecular weight is 274 g/mol. The highest BCUT2D eigenvalue weighted by Crippen LogP contribution is 2.26. The van der Waals surface area contributed by atoms with Gasteiger partial charge in [0.2, 0.25) is 0 Å². The summed E-state index contributed by atoms with van der Waals surface area (Å²) in [6.07, 6.45) is -0.669. The first-order valence-corrected chi connectivity index (χ1v) is 6.30. The highest BCUT2D eigenvalue weighted by atomic mass is 35.5. The summed E-state index contributed by atoms with van der Waals surface area (Å²) in [5.74, 6) is 0.301. The molecule has 0 fully saturated rings. The Morgan fingerprint density at radius 2 is 2.41 bits per heavy atom. The molecule has 0 amide bonds. The molecule has 1 heterocycles. The first-order valence-electron chi connectivity index (χ1n) is 5.10. The van der Waals surface area contributed by atoms with Crippen molar-refractivity contribution in [3.8, 4) is 0 Å². The Kier molecular flexibility index (Phi) is 5.47. The van der Waals surface area contributed by atoms with E-state index >= 15 is 0 Å². The molecule has 0 aliphatic carbocycles. The molecule has 1 aromatic rings. The van der Waals surface area contributed by atoms with Gasteiger partial charge in [0.1, 0.15) is 6.10 Å². The van der Waals surface area contributed by atoms with Crippen molar-refractivity contribution in [3.05, 3.63) is 33.5 Å². The second kappa shape index (κ2) is 6.64. The minimum atomic E-state index is -0.669. The van der Waals surface area contributed by atoms with Crippen molar-refractivity contribution in [2.45, 2.75) is 13.0 Å². The lowest BCUT2D eigenvalue weighted by molar-refractivity contribution is 0.191. The van der Waals surface area contributed by atoms with Gasteiger partial charge in [-0.2, -0.15) is 0 Å². The van der Waals surface area contributed by atoms with Crippen LogP contribution in [0.25, 0.3) is 0 Å². The number of nitrogens with two attached hydrogens (primary N) is 1. The van der Waals surface area contributed by atoms with E-state index in [1.165, 1.54) is 11.3 Å². The Morgan fingerprint density at radius 1 is 1.71 bits per heavy atom. The number of thiophene rings is 1. The maximum Gasteiger partial charge on any atom is 0.188 e. The topological polar surface area (TPSA) is 70.6 Å². The van der Waals surface area contributed by atoms with E-state index in [2.05, 4.69) is 16.9 Å². The molecule has 4 nitrogen and oxygen atoms in total. The van der Waals surface area contributed by atoms with Crippen LogP contribution in [-0.2, 0) is 0 Å². The molecule has 1 unspecified atom stereocenters. The van der Waals surface area contributed by atoms with Gasteiger partial charge in [-0.15, -0.1) is 11.3 Å². The van der Waals surface area contributed by atoms with Gasteiger partial charge in [-0.1, -0.05) is 23.8 Å². The number of aliphatic hydroxyl groups excluding tert-OH is 1. The lowest BCUT2D eigenvalue weighted by atomic mass is 10.3. The minimum Gasteiger partial charge on any atom is -0.386 e. The van der Waals surface area contributed by atoms with Gasteiger partial charge in [-0.3, -0.25) is 4.99 Å². The van der Waals surface area contributed by atoms with Crippen molar-refractivity contribution in [2.24, 2.45) is 10.7 Å². The summed E-state index contributed by atoms with van der Waals surface area (Å²) < 4.78 is 0.649. The summed E-state index contributed by atoms with van der Waals surface area (Å²) >= 11 is 7.11. The maximum atomic E-state index is 9.80. The summed E-state index contributed by atoms with van der Waals surface area (Å²) in [6.45, 7) is 6.42. The number of rotatable bonds is 5. The summed E-state index contributed by atoms with van der Waals surface area (Å²) in [5.41, 5.74) is 6.58. The van der Waals surface area contributed by atoms with E-state index in [1.807, 2.05) is 6.92 Å². The zero-order valence-corrected chi connectivity index (χ0v) is 11.2. The molecule has 4 N–H and O–H groups in total. The fourth-order valence-electron chi connectivity index (χ4n) is 1.08. The van der Waals surface area contributed by atoms with E-state index in [4.69, 9.17) is 17.3 Å². The summed E-state index contributed by atoms with van der Waals surface area (Å²) in [5, 5.41) is 12.7. The molecule has 1 atom stereocenters. The van der Waals surface area contributed by atoms with Gasteiger partial charge in [-0.05, 0) is 19.1 Å². The van der Waals surface area contributed by atoms with E-state index in [9.17, 15) is 5.11 Å². The highest BCUT2D eigenvalue weighted by molar-refractivity contribution is 7.16. The van der Waals surface area contributed by atoms with E-state index < -0.39 is 6.10 Å². The molecule has 0 aromatic carbocycles. The van der Waals surface area contributed by atoms with Crippen LogP contribution in [0.5, 0.6) is 0 Å². The number of guanidine groups is 1. The van der Waals surface area contributed by atoms with Crippen LogP contribution in [0, 0.1) is 0 Å². The van der Waals surface area contributed by atoms with Crippen LogP contribution in [0.15, 0.2) is 29.3 Å². The molecule has 0 aliphatic heterocycles. The first kappa shape index (κ1) is 14.0. The van der Waals surface area contributed by atoms with Crippen molar-refractivity contribution >= 4 is 28.9 Å². The predicted octanol–water partition coefficient (Wildman–Crippen LogP) is 1.92. The lowest BCUT2D eigenvalue weighted by Gasteiger charge is -2.07. The normalized spacial score (nSPS) is 13.5. The van der Waals surface area contributed by atoms with Gasteiger partial charge in [0.15, 0.2) is 5.96 Å². The Hall–Kier alpha value is -1.04. The van der Waals surface area contributed by atoms with Crippen molar-refractivity contribution in [3.63, 3.8) is 0 Å². The summed E-state index contributed by atoms with van der Waals surface area (Å²) in [6, 6.07) is 3.53. The highest BCUT2D eigenvalue weighted by Gasteiger charge is 2.09. The fourth-order valence-corrected chi connectivity index (χ4v) is 2.12. The van der Waals surface area contributed by atoms with Crippen LogP contribution in [0.2, 0.25) is 4.34 Å². The van der Waals surface area contributed by atoms with Gasteiger partial charge in [0.25, 0.3) is 0 Å². The second-order valence-electron chi connectivity index (χ2n) is 3.69. The molecular weight excluding hydrogens is 258 g/mol. The molecular formula is C11H16ClN3OS. The zero-order chi connectivity index (χ0) is 12.8. The van der Waals surface area contributed by atoms with E-state index in [0.29, 0.717) is 16.8 Å². The second-order valence-corrected chi connectivity index (χ2v) is 5.44. The van der Waals surface area contributed by atoms with Crippen LogP contribution >= 0.6 is 22.9 Å².